The summed E-state index contributed by atoms with van der Waals surface area (Å²) >= 11 is 0. The number of rotatable bonds is 5. The van der Waals surface area contributed by atoms with Crippen LogP contribution in [0, 0.1) is 5.92 Å². The van der Waals surface area contributed by atoms with Crippen molar-refractivity contribution in [3.05, 3.63) is 59.9 Å². The first-order valence-corrected chi connectivity index (χ1v) is 8.24. The predicted molar refractivity (Wildman–Crippen MR) is 90.4 cm³/mol. The Morgan fingerprint density at radius 1 is 1.17 bits per heavy atom. The maximum absolute atomic E-state index is 12.4. The molecule has 1 aromatic heterocycles. The summed E-state index contributed by atoms with van der Waals surface area (Å²) in [4.78, 5) is 18.1. The summed E-state index contributed by atoms with van der Waals surface area (Å²) in [6.45, 7) is 0.983. The van der Waals surface area contributed by atoms with E-state index in [1.54, 1.807) is 35.5 Å². The van der Waals surface area contributed by atoms with Gasteiger partial charge in [0.05, 0.1) is 6.10 Å². The topological polar surface area (TPSA) is 73.7 Å². The number of likely N-dealkylation sites (tertiary alicyclic amines) is 1. The van der Waals surface area contributed by atoms with Gasteiger partial charge in [-0.05, 0) is 48.2 Å². The quantitative estimate of drug-likeness (QED) is 0.878. The highest BCUT2D eigenvalue weighted by Crippen LogP contribution is 2.22. The van der Waals surface area contributed by atoms with Crippen LogP contribution in [-0.4, -0.2) is 45.2 Å². The third-order valence-electron chi connectivity index (χ3n) is 4.54. The molecule has 2 heterocycles. The van der Waals surface area contributed by atoms with Crippen molar-refractivity contribution >= 4 is 5.91 Å². The van der Waals surface area contributed by atoms with Gasteiger partial charge in [0.15, 0.2) is 0 Å². The van der Waals surface area contributed by atoms with Gasteiger partial charge < -0.3 is 15.1 Å². The summed E-state index contributed by atoms with van der Waals surface area (Å²) in [5.74, 6) is 0.334. The summed E-state index contributed by atoms with van der Waals surface area (Å²) in [5.41, 5.74) is 2.07. The van der Waals surface area contributed by atoms with E-state index in [-0.39, 0.29) is 17.6 Å². The van der Waals surface area contributed by atoms with E-state index < -0.39 is 6.10 Å². The number of aromatic nitrogens is 1. The van der Waals surface area contributed by atoms with E-state index in [0.29, 0.717) is 25.9 Å². The van der Waals surface area contributed by atoms with Gasteiger partial charge in [0.25, 0.3) is 0 Å². The number of phenolic OH excluding ortho intramolecular Hbond substituents is 1. The van der Waals surface area contributed by atoms with Gasteiger partial charge in [0.1, 0.15) is 5.75 Å². The van der Waals surface area contributed by atoms with Gasteiger partial charge in [-0.15, -0.1) is 0 Å². The Balaban J connectivity index is 1.53. The Kier molecular flexibility index (Phi) is 5.11. The lowest BCUT2D eigenvalue weighted by atomic mass is 9.97. The van der Waals surface area contributed by atoms with Crippen molar-refractivity contribution in [3.63, 3.8) is 0 Å². The van der Waals surface area contributed by atoms with Gasteiger partial charge in [-0.25, -0.2) is 0 Å². The minimum Gasteiger partial charge on any atom is -0.508 e. The van der Waals surface area contributed by atoms with Crippen LogP contribution in [0.5, 0.6) is 5.75 Å². The number of phenols is 1. The number of β-amino-alcohol motifs (C(OH)–C–C–N with tert-alkyl or cyclic N) is 1. The first-order chi connectivity index (χ1) is 11.6. The van der Waals surface area contributed by atoms with Gasteiger partial charge in [-0.2, -0.15) is 0 Å². The van der Waals surface area contributed by atoms with Crippen molar-refractivity contribution in [2.45, 2.75) is 25.4 Å². The fourth-order valence-corrected chi connectivity index (χ4v) is 3.20. The lowest BCUT2D eigenvalue weighted by Crippen LogP contribution is -2.29. The van der Waals surface area contributed by atoms with Crippen LogP contribution in [0.3, 0.4) is 0 Å². The monoisotopic (exact) mass is 326 g/mol. The maximum atomic E-state index is 12.4. The maximum Gasteiger partial charge on any atom is 0.223 e. The summed E-state index contributed by atoms with van der Waals surface area (Å²) in [5, 5.41) is 19.7. The fourth-order valence-electron chi connectivity index (χ4n) is 3.20. The van der Waals surface area contributed by atoms with E-state index in [9.17, 15) is 15.0 Å². The van der Waals surface area contributed by atoms with E-state index >= 15 is 0 Å². The zero-order valence-electron chi connectivity index (χ0n) is 13.5. The Morgan fingerprint density at radius 2 is 1.96 bits per heavy atom. The van der Waals surface area contributed by atoms with Crippen LogP contribution in [0.15, 0.2) is 48.8 Å². The summed E-state index contributed by atoms with van der Waals surface area (Å²) < 4.78 is 0. The largest absolute Gasteiger partial charge is 0.508 e. The Hall–Kier alpha value is -2.40. The number of amides is 1. The molecule has 5 heteroatoms. The number of nitrogens with zero attached hydrogens (tertiary/aromatic N) is 2. The molecule has 3 rings (SSSR count). The molecule has 2 aromatic rings. The van der Waals surface area contributed by atoms with Crippen LogP contribution < -0.4 is 0 Å². The molecule has 1 aliphatic heterocycles. The number of hydrogen-bond donors (Lipinski definition) is 2. The van der Waals surface area contributed by atoms with Crippen LogP contribution in [0.1, 0.15) is 17.5 Å². The molecule has 1 aromatic carbocycles. The van der Waals surface area contributed by atoms with E-state index in [2.05, 4.69) is 4.98 Å². The fraction of sp³-hybridized carbons (Fsp3) is 0.368. The molecule has 5 nitrogen and oxygen atoms in total. The minimum atomic E-state index is -0.483. The summed E-state index contributed by atoms with van der Waals surface area (Å²) in [6.07, 6.45) is 4.74. The van der Waals surface area contributed by atoms with Crippen LogP contribution >= 0.6 is 0 Å². The number of aliphatic hydroxyl groups excluding tert-OH is 1. The number of aryl methyl sites for hydroxylation is 1. The average molecular weight is 326 g/mol. The highest BCUT2D eigenvalue weighted by atomic mass is 16.3. The van der Waals surface area contributed by atoms with Gasteiger partial charge in [-0.3, -0.25) is 9.78 Å². The van der Waals surface area contributed by atoms with Gasteiger partial charge in [-0.1, -0.05) is 12.1 Å². The van der Waals surface area contributed by atoms with Crippen molar-refractivity contribution in [1.29, 1.82) is 0 Å². The van der Waals surface area contributed by atoms with Crippen molar-refractivity contribution in [3.8, 4) is 5.75 Å². The zero-order chi connectivity index (χ0) is 16.9. The number of aliphatic hydroxyl groups is 1. The molecular formula is C19H22N2O3. The molecule has 24 heavy (non-hydrogen) atoms. The smallest absolute Gasteiger partial charge is 0.223 e. The molecule has 2 atom stereocenters. The molecule has 2 N–H and O–H groups in total. The highest BCUT2D eigenvalue weighted by molar-refractivity contribution is 5.76. The number of carbonyl (C=O) groups is 1. The van der Waals surface area contributed by atoms with E-state index in [1.807, 2.05) is 18.2 Å². The Labute approximate surface area is 141 Å². The number of benzene rings is 1. The van der Waals surface area contributed by atoms with Crippen LogP contribution in [0.25, 0.3) is 0 Å². The van der Waals surface area contributed by atoms with E-state index in [1.165, 1.54) is 0 Å². The standard InChI is InChI=1S/C19H22N2O3/c22-17-3-1-2-14(11-17)4-5-19(24)21-12-16(18(23)13-21)10-15-6-8-20-9-7-15/h1-3,6-9,11,16,18,22-23H,4-5,10,12-13H2/t16-,18-/m1/s1. The second-order valence-corrected chi connectivity index (χ2v) is 6.36. The molecule has 0 spiro atoms. The molecule has 1 saturated heterocycles. The summed E-state index contributed by atoms with van der Waals surface area (Å²) in [6, 6.07) is 10.9. The Morgan fingerprint density at radius 3 is 2.71 bits per heavy atom. The Bertz CT molecular complexity index is 690. The van der Waals surface area contributed by atoms with Crippen molar-refractivity contribution in [2.75, 3.05) is 13.1 Å². The van der Waals surface area contributed by atoms with E-state index in [0.717, 1.165) is 17.5 Å². The third kappa shape index (κ3) is 4.11. The molecule has 1 aliphatic rings. The van der Waals surface area contributed by atoms with Gasteiger partial charge in [0, 0.05) is 37.8 Å². The lowest BCUT2D eigenvalue weighted by Gasteiger charge is -2.16. The molecule has 0 bridgehead atoms. The number of hydrogen-bond acceptors (Lipinski definition) is 4. The van der Waals surface area contributed by atoms with Crippen molar-refractivity contribution in [2.24, 2.45) is 5.92 Å². The molecule has 0 aliphatic carbocycles. The normalized spacial score (nSPS) is 20.3. The predicted octanol–water partition coefficient (Wildman–Crippen LogP) is 1.78. The molecule has 0 unspecified atom stereocenters. The molecule has 0 radical (unpaired) electrons. The third-order valence-corrected chi connectivity index (χ3v) is 4.54. The minimum absolute atomic E-state index is 0.0506. The van der Waals surface area contributed by atoms with E-state index in [4.69, 9.17) is 0 Å². The van der Waals surface area contributed by atoms with Crippen molar-refractivity contribution in [1.82, 2.24) is 9.88 Å². The van der Waals surface area contributed by atoms with Crippen molar-refractivity contribution < 1.29 is 15.0 Å². The molecule has 126 valence electrons. The second-order valence-electron chi connectivity index (χ2n) is 6.36. The molecule has 0 saturated carbocycles. The van der Waals surface area contributed by atoms with Crippen LogP contribution in [-0.2, 0) is 17.6 Å². The second kappa shape index (κ2) is 7.45. The number of aromatic hydroxyl groups is 1. The van der Waals surface area contributed by atoms with Crippen LogP contribution in [0.2, 0.25) is 0 Å². The first kappa shape index (κ1) is 16.5. The number of carbonyl (C=O) groups excluding carboxylic acids is 1. The number of pyridine rings is 1. The SMILES string of the molecule is O=C(CCc1cccc(O)c1)N1C[C@@H](Cc2ccncc2)[C@H](O)C1. The molecule has 1 amide bonds. The molecule has 1 fully saturated rings. The van der Waals surface area contributed by atoms with Gasteiger partial charge in [0.2, 0.25) is 5.91 Å². The summed E-state index contributed by atoms with van der Waals surface area (Å²) in [7, 11) is 0. The average Bonchev–Trinajstić information content (AvgIpc) is 2.95. The highest BCUT2D eigenvalue weighted by Gasteiger charge is 2.33. The van der Waals surface area contributed by atoms with Gasteiger partial charge >= 0.3 is 0 Å². The lowest BCUT2D eigenvalue weighted by molar-refractivity contribution is -0.130. The molecular weight excluding hydrogens is 304 g/mol. The zero-order valence-corrected chi connectivity index (χ0v) is 13.5. The first-order valence-electron chi connectivity index (χ1n) is 8.24. The van der Waals surface area contributed by atoms with Crippen LogP contribution in [0.4, 0.5) is 0 Å².